The van der Waals surface area contributed by atoms with Gasteiger partial charge in [-0.3, -0.25) is 9.69 Å². The van der Waals surface area contributed by atoms with Crippen molar-refractivity contribution >= 4 is 5.91 Å². The van der Waals surface area contributed by atoms with Crippen molar-refractivity contribution in [3.8, 4) is 0 Å². The highest BCUT2D eigenvalue weighted by Crippen LogP contribution is 2.35. The Hall–Kier alpha value is -0.650. The molecule has 1 fully saturated rings. The molecule has 1 rings (SSSR count). The van der Waals surface area contributed by atoms with Crippen LogP contribution >= 0.6 is 0 Å². The summed E-state index contributed by atoms with van der Waals surface area (Å²) in [5.41, 5.74) is 6.13. The molecule has 0 aromatic rings. The van der Waals surface area contributed by atoms with Crippen LogP contribution in [-0.2, 0) is 9.53 Å². The van der Waals surface area contributed by atoms with Gasteiger partial charge in [0.1, 0.15) is 0 Å². The maximum atomic E-state index is 12.1. The van der Waals surface area contributed by atoms with Gasteiger partial charge in [0, 0.05) is 25.7 Å². The number of ether oxygens (including phenoxy) is 1. The lowest BCUT2D eigenvalue weighted by Crippen LogP contribution is -2.58. The van der Waals surface area contributed by atoms with Gasteiger partial charge in [-0.2, -0.15) is 0 Å². The molecule has 0 aromatic heterocycles. The molecule has 3 N–H and O–H groups in total. The molecular formula is C16H33N3O2. The summed E-state index contributed by atoms with van der Waals surface area (Å²) < 4.78 is 4.97. The number of nitrogens with zero attached hydrogens (tertiary/aromatic N) is 1. The van der Waals surface area contributed by atoms with E-state index in [1.165, 1.54) is 12.8 Å². The highest BCUT2D eigenvalue weighted by Gasteiger charge is 2.38. The molecule has 0 aliphatic heterocycles. The van der Waals surface area contributed by atoms with E-state index in [2.05, 4.69) is 24.1 Å². The summed E-state index contributed by atoms with van der Waals surface area (Å²) >= 11 is 0. The molecule has 5 nitrogen and oxygen atoms in total. The second-order valence-corrected chi connectivity index (χ2v) is 6.38. The van der Waals surface area contributed by atoms with E-state index in [0.29, 0.717) is 26.2 Å². The number of hydrogen-bond acceptors (Lipinski definition) is 4. The van der Waals surface area contributed by atoms with Crippen LogP contribution in [0.25, 0.3) is 0 Å². The highest BCUT2D eigenvalue weighted by molar-refractivity contribution is 5.78. The minimum absolute atomic E-state index is 0.0150. The summed E-state index contributed by atoms with van der Waals surface area (Å²) in [7, 11) is 1.64. The smallest absolute Gasteiger partial charge is 0.234 e. The maximum absolute atomic E-state index is 12.1. The molecule has 0 atom stereocenters. The predicted octanol–water partition coefficient (Wildman–Crippen LogP) is 1.37. The third kappa shape index (κ3) is 5.57. The Labute approximate surface area is 129 Å². The minimum atomic E-state index is 0.0150. The maximum Gasteiger partial charge on any atom is 0.234 e. The van der Waals surface area contributed by atoms with Gasteiger partial charge >= 0.3 is 0 Å². The number of nitrogens with two attached hydrogens (primary N) is 1. The Balaban J connectivity index is 2.63. The lowest BCUT2D eigenvalue weighted by Gasteiger charge is -2.47. The summed E-state index contributed by atoms with van der Waals surface area (Å²) in [5.74, 6) is 0.857. The molecule has 1 aliphatic rings. The first kappa shape index (κ1) is 18.4. The molecular weight excluding hydrogens is 266 g/mol. The number of nitrogens with one attached hydrogen (secondary N) is 1. The van der Waals surface area contributed by atoms with Crippen LogP contribution in [-0.4, -0.2) is 56.2 Å². The number of carbonyl (C=O) groups is 1. The lowest BCUT2D eigenvalue weighted by molar-refractivity contribution is -0.124. The average Bonchev–Trinajstić information content (AvgIpc) is 2.48. The van der Waals surface area contributed by atoms with Crippen LogP contribution in [0.3, 0.4) is 0 Å². The molecule has 0 saturated heterocycles. The van der Waals surface area contributed by atoms with Crippen LogP contribution in [0.4, 0.5) is 0 Å². The third-order valence-corrected chi connectivity index (χ3v) is 4.71. The fourth-order valence-corrected chi connectivity index (χ4v) is 3.22. The number of methoxy groups -OCH3 is 1. The van der Waals surface area contributed by atoms with E-state index in [-0.39, 0.29) is 11.4 Å². The van der Waals surface area contributed by atoms with E-state index in [0.717, 1.165) is 31.7 Å². The Bertz CT molecular complexity index is 302. The van der Waals surface area contributed by atoms with Gasteiger partial charge in [0.2, 0.25) is 5.91 Å². The Morgan fingerprint density at radius 3 is 2.62 bits per heavy atom. The third-order valence-electron chi connectivity index (χ3n) is 4.71. The van der Waals surface area contributed by atoms with Gasteiger partial charge in [0.15, 0.2) is 0 Å². The predicted molar refractivity (Wildman–Crippen MR) is 86.2 cm³/mol. The van der Waals surface area contributed by atoms with E-state index in [9.17, 15) is 4.79 Å². The van der Waals surface area contributed by atoms with Crippen LogP contribution < -0.4 is 11.1 Å². The molecule has 0 unspecified atom stereocenters. The van der Waals surface area contributed by atoms with Crippen molar-refractivity contribution in [1.29, 1.82) is 0 Å². The molecule has 0 aromatic carbocycles. The van der Waals surface area contributed by atoms with Crippen molar-refractivity contribution in [1.82, 2.24) is 10.2 Å². The second-order valence-electron chi connectivity index (χ2n) is 6.38. The van der Waals surface area contributed by atoms with Crippen molar-refractivity contribution in [2.45, 2.75) is 51.5 Å². The first-order valence-corrected chi connectivity index (χ1v) is 8.28. The van der Waals surface area contributed by atoms with Crippen molar-refractivity contribution < 1.29 is 9.53 Å². The fraction of sp³-hybridized carbons (Fsp3) is 0.938. The summed E-state index contributed by atoms with van der Waals surface area (Å²) in [5, 5.41) is 2.92. The van der Waals surface area contributed by atoms with Crippen molar-refractivity contribution in [3.05, 3.63) is 0 Å². The van der Waals surface area contributed by atoms with E-state index < -0.39 is 0 Å². The summed E-state index contributed by atoms with van der Waals surface area (Å²) in [6.07, 6.45) is 5.68. The lowest BCUT2D eigenvalue weighted by atomic mass is 9.76. The monoisotopic (exact) mass is 299 g/mol. The zero-order valence-electron chi connectivity index (χ0n) is 14.0. The quantitative estimate of drug-likeness (QED) is 0.631. The average molecular weight is 299 g/mol. The molecule has 0 radical (unpaired) electrons. The number of carbonyl (C=O) groups excluding carboxylic acids is 1. The molecule has 1 aliphatic carbocycles. The zero-order valence-corrected chi connectivity index (χ0v) is 14.0. The zero-order chi connectivity index (χ0) is 15.7. The van der Waals surface area contributed by atoms with Crippen molar-refractivity contribution in [2.24, 2.45) is 11.7 Å². The molecule has 0 heterocycles. The van der Waals surface area contributed by atoms with Crippen molar-refractivity contribution in [3.63, 3.8) is 0 Å². The SMILES string of the molecule is CCCN(CC(=O)NCCOC)C1(CN)CCC(C)CC1. The van der Waals surface area contributed by atoms with E-state index in [4.69, 9.17) is 10.5 Å². The van der Waals surface area contributed by atoms with Gasteiger partial charge in [0.05, 0.1) is 13.2 Å². The van der Waals surface area contributed by atoms with Gasteiger partial charge < -0.3 is 15.8 Å². The first-order valence-electron chi connectivity index (χ1n) is 8.28. The largest absolute Gasteiger partial charge is 0.383 e. The molecule has 1 amide bonds. The van der Waals surface area contributed by atoms with E-state index in [1.807, 2.05) is 0 Å². The van der Waals surface area contributed by atoms with E-state index in [1.54, 1.807) is 7.11 Å². The fourth-order valence-electron chi connectivity index (χ4n) is 3.22. The van der Waals surface area contributed by atoms with Crippen LogP contribution in [0.1, 0.15) is 46.0 Å². The first-order chi connectivity index (χ1) is 10.1. The van der Waals surface area contributed by atoms with E-state index >= 15 is 0 Å². The normalized spacial score (nSPS) is 26.0. The summed E-state index contributed by atoms with van der Waals surface area (Å²) in [6.45, 7) is 7.62. The number of rotatable bonds is 9. The van der Waals surface area contributed by atoms with Crippen molar-refractivity contribution in [2.75, 3.05) is 39.9 Å². The molecule has 0 spiro atoms. The molecule has 1 saturated carbocycles. The topological polar surface area (TPSA) is 67.6 Å². The van der Waals surface area contributed by atoms with Gasteiger partial charge in [-0.1, -0.05) is 13.8 Å². The number of amides is 1. The van der Waals surface area contributed by atoms with Crippen LogP contribution in [0, 0.1) is 5.92 Å². The van der Waals surface area contributed by atoms with Crippen LogP contribution in [0.5, 0.6) is 0 Å². The minimum Gasteiger partial charge on any atom is -0.383 e. The van der Waals surface area contributed by atoms with Crippen LogP contribution in [0.2, 0.25) is 0 Å². The molecule has 0 bridgehead atoms. The van der Waals surface area contributed by atoms with Gasteiger partial charge in [-0.15, -0.1) is 0 Å². The van der Waals surface area contributed by atoms with Gasteiger partial charge in [-0.05, 0) is 44.6 Å². The summed E-state index contributed by atoms with van der Waals surface area (Å²) in [4.78, 5) is 14.4. The Kier molecular flexibility index (Phi) is 8.22. The summed E-state index contributed by atoms with van der Waals surface area (Å²) in [6, 6.07) is 0. The Morgan fingerprint density at radius 2 is 2.10 bits per heavy atom. The standard InChI is InChI=1S/C16H33N3O2/c1-4-10-19(12-15(20)18-9-11-21-3)16(13-17)7-5-14(2)6-8-16/h14H,4-13,17H2,1-3H3,(H,18,20). The van der Waals surface area contributed by atoms with Gasteiger partial charge in [0.25, 0.3) is 0 Å². The molecule has 124 valence electrons. The molecule has 21 heavy (non-hydrogen) atoms. The second kappa shape index (κ2) is 9.38. The number of hydrogen-bond donors (Lipinski definition) is 2. The Morgan fingerprint density at radius 1 is 1.43 bits per heavy atom. The van der Waals surface area contributed by atoms with Crippen LogP contribution in [0.15, 0.2) is 0 Å². The highest BCUT2D eigenvalue weighted by atomic mass is 16.5. The molecule has 5 heteroatoms. The van der Waals surface area contributed by atoms with Gasteiger partial charge in [-0.25, -0.2) is 0 Å².